The summed E-state index contributed by atoms with van der Waals surface area (Å²) in [6, 6.07) is 4.59. The third-order valence-electron chi connectivity index (χ3n) is 3.31. The Morgan fingerprint density at radius 3 is 2.56 bits per heavy atom. The standard InChI is InChI=1S/C14H22N4/c1-10(2)18-12(4)14(11(3)16-18)15-9-13-7-6-8-17(13)5/h6-8,10,15H,9H2,1-5H3. The Morgan fingerprint density at radius 1 is 1.33 bits per heavy atom. The first-order valence-corrected chi connectivity index (χ1v) is 6.40. The van der Waals surface area contributed by atoms with Crippen molar-refractivity contribution in [3.8, 4) is 0 Å². The van der Waals surface area contributed by atoms with Crippen LogP contribution in [0.2, 0.25) is 0 Å². The highest BCUT2D eigenvalue weighted by Gasteiger charge is 2.13. The maximum Gasteiger partial charge on any atom is 0.0828 e. The molecule has 0 aliphatic rings. The van der Waals surface area contributed by atoms with Crippen LogP contribution >= 0.6 is 0 Å². The number of anilines is 1. The van der Waals surface area contributed by atoms with Crippen LogP contribution in [0.4, 0.5) is 5.69 Å². The third-order valence-corrected chi connectivity index (χ3v) is 3.31. The summed E-state index contributed by atoms with van der Waals surface area (Å²) in [5, 5.41) is 8.07. The molecule has 2 heterocycles. The van der Waals surface area contributed by atoms with E-state index in [0.29, 0.717) is 6.04 Å². The van der Waals surface area contributed by atoms with E-state index in [0.717, 1.165) is 17.9 Å². The van der Waals surface area contributed by atoms with Crippen molar-refractivity contribution >= 4 is 5.69 Å². The summed E-state index contributed by atoms with van der Waals surface area (Å²) in [6.45, 7) is 9.31. The normalized spacial score (nSPS) is 11.2. The van der Waals surface area contributed by atoms with Gasteiger partial charge < -0.3 is 9.88 Å². The Balaban J connectivity index is 2.17. The van der Waals surface area contributed by atoms with Gasteiger partial charge in [0.05, 0.1) is 23.6 Å². The van der Waals surface area contributed by atoms with Gasteiger partial charge in [0, 0.05) is 25.0 Å². The van der Waals surface area contributed by atoms with Gasteiger partial charge in [-0.25, -0.2) is 0 Å². The zero-order chi connectivity index (χ0) is 13.3. The monoisotopic (exact) mass is 246 g/mol. The van der Waals surface area contributed by atoms with E-state index >= 15 is 0 Å². The van der Waals surface area contributed by atoms with E-state index in [-0.39, 0.29) is 0 Å². The Labute approximate surface area is 109 Å². The van der Waals surface area contributed by atoms with Crippen molar-refractivity contribution in [1.29, 1.82) is 0 Å². The molecule has 0 unspecified atom stereocenters. The summed E-state index contributed by atoms with van der Waals surface area (Å²) in [6.07, 6.45) is 2.06. The van der Waals surface area contributed by atoms with Crippen LogP contribution in [0.15, 0.2) is 18.3 Å². The number of nitrogens with one attached hydrogen (secondary N) is 1. The molecule has 0 saturated carbocycles. The largest absolute Gasteiger partial charge is 0.376 e. The Hall–Kier alpha value is -1.71. The van der Waals surface area contributed by atoms with Crippen LogP contribution in [0.5, 0.6) is 0 Å². The molecule has 18 heavy (non-hydrogen) atoms. The molecule has 0 saturated heterocycles. The fourth-order valence-electron chi connectivity index (χ4n) is 2.28. The van der Waals surface area contributed by atoms with Gasteiger partial charge in [0.25, 0.3) is 0 Å². The highest BCUT2D eigenvalue weighted by Crippen LogP contribution is 2.22. The van der Waals surface area contributed by atoms with Crippen LogP contribution in [-0.4, -0.2) is 14.3 Å². The Bertz CT molecular complexity index is 534. The lowest BCUT2D eigenvalue weighted by Gasteiger charge is -2.10. The first-order valence-electron chi connectivity index (χ1n) is 6.40. The first kappa shape index (κ1) is 12.7. The molecule has 0 bridgehead atoms. The van der Waals surface area contributed by atoms with E-state index < -0.39 is 0 Å². The van der Waals surface area contributed by atoms with Gasteiger partial charge in [-0.3, -0.25) is 4.68 Å². The molecule has 0 spiro atoms. The summed E-state index contributed by atoms with van der Waals surface area (Å²) >= 11 is 0. The molecule has 0 atom stereocenters. The summed E-state index contributed by atoms with van der Waals surface area (Å²) in [4.78, 5) is 0. The van der Waals surface area contributed by atoms with Crippen molar-refractivity contribution in [2.24, 2.45) is 7.05 Å². The molecule has 1 N–H and O–H groups in total. The van der Waals surface area contributed by atoms with Crippen LogP contribution in [0.25, 0.3) is 0 Å². The SMILES string of the molecule is Cc1nn(C(C)C)c(C)c1NCc1cccn1C. The van der Waals surface area contributed by atoms with Crippen molar-refractivity contribution in [3.63, 3.8) is 0 Å². The molecule has 4 heteroatoms. The molecular formula is C14H22N4. The molecule has 0 radical (unpaired) electrons. The molecular weight excluding hydrogens is 224 g/mol. The predicted molar refractivity (Wildman–Crippen MR) is 74.8 cm³/mol. The van der Waals surface area contributed by atoms with Crippen molar-refractivity contribution < 1.29 is 0 Å². The number of nitrogens with zero attached hydrogens (tertiary/aromatic N) is 3. The molecule has 0 amide bonds. The number of aryl methyl sites for hydroxylation is 2. The molecule has 0 fully saturated rings. The summed E-state index contributed by atoms with van der Waals surface area (Å²) in [7, 11) is 2.06. The van der Waals surface area contributed by atoms with E-state index in [4.69, 9.17) is 0 Å². The van der Waals surface area contributed by atoms with Crippen LogP contribution in [0, 0.1) is 13.8 Å². The fraction of sp³-hybridized carbons (Fsp3) is 0.500. The summed E-state index contributed by atoms with van der Waals surface area (Å²) < 4.78 is 4.20. The van der Waals surface area contributed by atoms with Gasteiger partial charge in [0.15, 0.2) is 0 Å². The van der Waals surface area contributed by atoms with E-state index in [2.05, 4.69) is 72.7 Å². The Kier molecular flexibility index (Phi) is 3.45. The average Bonchev–Trinajstić information content (AvgIpc) is 2.82. The second kappa shape index (κ2) is 4.88. The van der Waals surface area contributed by atoms with E-state index in [1.54, 1.807) is 0 Å². The molecule has 0 aromatic carbocycles. The van der Waals surface area contributed by atoms with Gasteiger partial charge in [0.2, 0.25) is 0 Å². The lowest BCUT2D eigenvalue weighted by Crippen LogP contribution is -2.07. The van der Waals surface area contributed by atoms with Gasteiger partial charge in [-0.05, 0) is 39.8 Å². The van der Waals surface area contributed by atoms with Gasteiger partial charge in [-0.1, -0.05) is 0 Å². The third kappa shape index (κ3) is 2.28. The highest BCUT2D eigenvalue weighted by atomic mass is 15.3. The highest BCUT2D eigenvalue weighted by molar-refractivity contribution is 5.52. The average molecular weight is 246 g/mol. The number of hydrogen-bond acceptors (Lipinski definition) is 2. The molecule has 0 aliphatic heterocycles. The predicted octanol–water partition coefficient (Wildman–Crippen LogP) is 3.03. The minimum absolute atomic E-state index is 0.397. The van der Waals surface area contributed by atoms with Crippen LogP contribution in [0.3, 0.4) is 0 Å². The fourth-order valence-corrected chi connectivity index (χ4v) is 2.28. The lowest BCUT2D eigenvalue weighted by atomic mass is 10.3. The quantitative estimate of drug-likeness (QED) is 0.900. The van der Waals surface area contributed by atoms with Crippen LogP contribution in [-0.2, 0) is 13.6 Å². The first-order chi connectivity index (χ1) is 8.50. The molecule has 2 rings (SSSR count). The van der Waals surface area contributed by atoms with Gasteiger partial charge >= 0.3 is 0 Å². The lowest BCUT2D eigenvalue weighted by molar-refractivity contribution is 0.516. The van der Waals surface area contributed by atoms with Crippen LogP contribution < -0.4 is 5.32 Å². The maximum absolute atomic E-state index is 4.58. The number of hydrogen-bond donors (Lipinski definition) is 1. The van der Waals surface area contributed by atoms with Crippen LogP contribution in [0.1, 0.15) is 37.0 Å². The van der Waals surface area contributed by atoms with Gasteiger partial charge in [-0.15, -0.1) is 0 Å². The van der Waals surface area contributed by atoms with E-state index in [1.807, 2.05) is 0 Å². The zero-order valence-electron chi connectivity index (χ0n) is 11.9. The topological polar surface area (TPSA) is 34.8 Å². The smallest absolute Gasteiger partial charge is 0.0828 e. The second-order valence-corrected chi connectivity index (χ2v) is 5.05. The molecule has 0 aliphatic carbocycles. The van der Waals surface area contributed by atoms with Crippen molar-refractivity contribution in [1.82, 2.24) is 14.3 Å². The van der Waals surface area contributed by atoms with Crippen molar-refractivity contribution in [2.75, 3.05) is 5.32 Å². The van der Waals surface area contributed by atoms with E-state index in [9.17, 15) is 0 Å². The minimum atomic E-state index is 0.397. The number of aromatic nitrogens is 3. The Morgan fingerprint density at radius 2 is 2.06 bits per heavy atom. The van der Waals surface area contributed by atoms with Crippen molar-refractivity contribution in [3.05, 3.63) is 35.4 Å². The zero-order valence-corrected chi connectivity index (χ0v) is 11.9. The molecule has 2 aromatic rings. The maximum atomic E-state index is 4.58. The number of rotatable bonds is 4. The minimum Gasteiger partial charge on any atom is -0.376 e. The van der Waals surface area contributed by atoms with E-state index in [1.165, 1.54) is 11.4 Å². The molecule has 98 valence electrons. The van der Waals surface area contributed by atoms with Gasteiger partial charge in [0.1, 0.15) is 0 Å². The van der Waals surface area contributed by atoms with Crippen molar-refractivity contribution in [2.45, 2.75) is 40.3 Å². The van der Waals surface area contributed by atoms with Gasteiger partial charge in [-0.2, -0.15) is 5.10 Å². The molecule has 2 aromatic heterocycles. The molecule has 4 nitrogen and oxygen atoms in total. The summed E-state index contributed by atoms with van der Waals surface area (Å²) in [5.74, 6) is 0. The second-order valence-electron chi connectivity index (χ2n) is 5.05. The summed E-state index contributed by atoms with van der Waals surface area (Å²) in [5.41, 5.74) is 4.70.